The lowest BCUT2D eigenvalue weighted by Gasteiger charge is -2.55. The molecule has 4 nitrogen and oxygen atoms in total. The summed E-state index contributed by atoms with van der Waals surface area (Å²) in [6, 6.07) is 9.03. The molecule has 1 saturated carbocycles. The van der Waals surface area contributed by atoms with Crippen molar-refractivity contribution in [2.45, 2.75) is 51.3 Å². The van der Waals surface area contributed by atoms with Crippen LogP contribution in [-0.2, 0) is 9.53 Å². The lowest BCUT2D eigenvalue weighted by atomic mass is 9.58. The highest BCUT2D eigenvalue weighted by molar-refractivity contribution is 5.83. The number of carbonyl (C=O) groups excluding carboxylic acids is 1. The zero-order valence-corrected chi connectivity index (χ0v) is 13.1. The number of benzene rings is 1. The summed E-state index contributed by atoms with van der Waals surface area (Å²) in [7, 11) is 1.75. The summed E-state index contributed by atoms with van der Waals surface area (Å²) in [5, 5.41) is 3.13. The van der Waals surface area contributed by atoms with Gasteiger partial charge in [0.25, 0.3) is 0 Å². The van der Waals surface area contributed by atoms with Gasteiger partial charge in [-0.1, -0.05) is 44.2 Å². The van der Waals surface area contributed by atoms with Gasteiger partial charge in [0.05, 0.1) is 6.10 Å². The molecule has 3 N–H and O–H groups in total. The van der Waals surface area contributed by atoms with Gasteiger partial charge < -0.3 is 15.8 Å². The summed E-state index contributed by atoms with van der Waals surface area (Å²) in [5.41, 5.74) is 6.95. The van der Waals surface area contributed by atoms with Gasteiger partial charge in [-0.25, -0.2) is 0 Å². The normalized spacial score (nSPS) is 25.0. The lowest BCUT2D eigenvalue weighted by molar-refractivity contribution is -0.142. The van der Waals surface area contributed by atoms with Gasteiger partial charge in [0.2, 0.25) is 5.91 Å². The zero-order valence-electron chi connectivity index (χ0n) is 13.1. The van der Waals surface area contributed by atoms with E-state index in [0.29, 0.717) is 0 Å². The molecule has 0 heterocycles. The molecule has 0 aromatic heterocycles. The van der Waals surface area contributed by atoms with Crippen LogP contribution < -0.4 is 11.1 Å². The molecule has 3 unspecified atom stereocenters. The van der Waals surface area contributed by atoms with E-state index in [-0.39, 0.29) is 23.5 Å². The van der Waals surface area contributed by atoms with E-state index in [1.54, 1.807) is 7.11 Å². The highest BCUT2D eigenvalue weighted by Gasteiger charge is 2.53. The fraction of sp³-hybridized carbons (Fsp3) is 0.588. The predicted octanol–water partition coefficient (Wildman–Crippen LogP) is 2.40. The maximum Gasteiger partial charge on any atom is 0.241 e. The first-order chi connectivity index (χ1) is 10.1. The molecule has 4 heteroatoms. The van der Waals surface area contributed by atoms with E-state index in [2.05, 4.69) is 19.2 Å². The average Bonchev–Trinajstić information content (AvgIpc) is 2.52. The molecule has 1 aromatic carbocycles. The quantitative estimate of drug-likeness (QED) is 0.845. The molecule has 0 bridgehead atoms. The minimum absolute atomic E-state index is 0.0425. The van der Waals surface area contributed by atoms with Crippen molar-refractivity contribution < 1.29 is 9.53 Å². The molecule has 1 aliphatic carbocycles. The second-order valence-corrected chi connectivity index (χ2v) is 5.85. The molecule has 0 spiro atoms. The van der Waals surface area contributed by atoms with Gasteiger partial charge >= 0.3 is 0 Å². The highest BCUT2D eigenvalue weighted by atomic mass is 16.5. The van der Waals surface area contributed by atoms with Gasteiger partial charge in [0, 0.05) is 18.6 Å². The average molecular weight is 290 g/mol. The van der Waals surface area contributed by atoms with Crippen LogP contribution in [0.25, 0.3) is 0 Å². The van der Waals surface area contributed by atoms with Crippen LogP contribution in [0.5, 0.6) is 0 Å². The van der Waals surface area contributed by atoms with E-state index in [4.69, 9.17) is 10.5 Å². The molecule has 21 heavy (non-hydrogen) atoms. The fourth-order valence-electron chi connectivity index (χ4n) is 3.55. The van der Waals surface area contributed by atoms with Crippen molar-refractivity contribution in [2.24, 2.45) is 11.1 Å². The predicted molar refractivity (Wildman–Crippen MR) is 83.7 cm³/mol. The molecule has 2 rings (SSSR count). The van der Waals surface area contributed by atoms with Crippen molar-refractivity contribution >= 4 is 5.91 Å². The van der Waals surface area contributed by atoms with E-state index >= 15 is 0 Å². The van der Waals surface area contributed by atoms with Crippen molar-refractivity contribution in [2.75, 3.05) is 7.11 Å². The third-order valence-corrected chi connectivity index (χ3v) is 5.14. The Bertz CT molecular complexity index is 471. The van der Waals surface area contributed by atoms with E-state index in [9.17, 15) is 4.79 Å². The van der Waals surface area contributed by atoms with Crippen LogP contribution in [-0.4, -0.2) is 25.2 Å². The number of rotatable bonds is 6. The Morgan fingerprint density at radius 2 is 2.00 bits per heavy atom. The minimum Gasteiger partial charge on any atom is -0.381 e. The smallest absolute Gasteiger partial charge is 0.241 e. The molecule has 1 aromatic rings. The van der Waals surface area contributed by atoms with Crippen molar-refractivity contribution in [1.29, 1.82) is 0 Å². The largest absolute Gasteiger partial charge is 0.381 e. The second-order valence-electron chi connectivity index (χ2n) is 5.85. The molecule has 1 amide bonds. The molecule has 0 aliphatic heterocycles. The van der Waals surface area contributed by atoms with E-state index in [1.165, 1.54) is 0 Å². The van der Waals surface area contributed by atoms with Crippen molar-refractivity contribution in [3.05, 3.63) is 35.9 Å². The van der Waals surface area contributed by atoms with E-state index in [0.717, 1.165) is 24.8 Å². The van der Waals surface area contributed by atoms with Crippen LogP contribution in [0.2, 0.25) is 0 Å². The Hall–Kier alpha value is -1.39. The topological polar surface area (TPSA) is 64.4 Å². The first kappa shape index (κ1) is 16.0. The Kier molecular flexibility index (Phi) is 5.01. The minimum atomic E-state index is -0.612. The zero-order chi connectivity index (χ0) is 15.5. The number of ether oxygens (including phenoxy) is 1. The summed E-state index contributed by atoms with van der Waals surface area (Å²) in [5.74, 6) is -0.105. The maximum atomic E-state index is 12.4. The van der Waals surface area contributed by atoms with Gasteiger partial charge in [-0.15, -0.1) is 0 Å². The van der Waals surface area contributed by atoms with Crippen LogP contribution in [0.1, 0.15) is 44.7 Å². The lowest BCUT2D eigenvalue weighted by Crippen LogP contribution is -2.64. The first-order valence-corrected chi connectivity index (χ1v) is 7.72. The first-order valence-electron chi connectivity index (χ1n) is 7.72. The number of nitrogens with one attached hydrogen (secondary N) is 1. The number of hydrogen-bond acceptors (Lipinski definition) is 3. The summed E-state index contributed by atoms with van der Waals surface area (Å²) in [6.45, 7) is 4.32. The summed E-state index contributed by atoms with van der Waals surface area (Å²) in [4.78, 5) is 12.4. The standard InChI is InChI=1S/C17H26N2O2/c1-4-17(5-2)13(11-14(17)21-3)19-16(20)15(18)12-9-7-6-8-10-12/h6-10,13-15H,4-5,11,18H2,1-3H3,(H,19,20). The second kappa shape index (κ2) is 6.58. The molecule has 1 aliphatic rings. The number of carbonyl (C=O) groups is 1. The Morgan fingerprint density at radius 3 is 2.52 bits per heavy atom. The maximum absolute atomic E-state index is 12.4. The Labute approximate surface area is 127 Å². The van der Waals surface area contributed by atoms with Crippen LogP contribution in [0.4, 0.5) is 0 Å². The fourth-order valence-corrected chi connectivity index (χ4v) is 3.55. The third kappa shape index (κ3) is 2.83. The molecular formula is C17H26N2O2. The Morgan fingerprint density at radius 1 is 1.38 bits per heavy atom. The molecule has 116 valence electrons. The van der Waals surface area contributed by atoms with Gasteiger partial charge in [0.15, 0.2) is 0 Å². The SMILES string of the molecule is CCC1(CC)C(NC(=O)C(N)c2ccccc2)CC1OC. The van der Waals surface area contributed by atoms with Gasteiger partial charge in [-0.05, 0) is 24.8 Å². The highest BCUT2D eigenvalue weighted by Crippen LogP contribution is 2.48. The summed E-state index contributed by atoms with van der Waals surface area (Å²) >= 11 is 0. The number of hydrogen-bond donors (Lipinski definition) is 2. The molecule has 0 radical (unpaired) electrons. The number of methoxy groups -OCH3 is 1. The van der Waals surface area contributed by atoms with Gasteiger partial charge in [-0.2, -0.15) is 0 Å². The van der Waals surface area contributed by atoms with Crippen molar-refractivity contribution in [3.8, 4) is 0 Å². The summed E-state index contributed by atoms with van der Waals surface area (Å²) < 4.78 is 5.56. The van der Waals surface area contributed by atoms with Gasteiger partial charge in [-0.3, -0.25) is 4.79 Å². The van der Waals surface area contributed by atoms with Crippen LogP contribution in [0.15, 0.2) is 30.3 Å². The van der Waals surface area contributed by atoms with Crippen LogP contribution >= 0.6 is 0 Å². The molecule has 0 saturated heterocycles. The summed E-state index contributed by atoms with van der Waals surface area (Å²) in [6.07, 6.45) is 3.08. The Balaban J connectivity index is 2.03. The van der Waals surface area contributed by atoms with Gasteiger partial charge in [0.1, 0.15) is 6.04 Å². The molecule has 1 fully saturated rings. The van der Waals surface area contributed by atoms with E-state index in [1.807, 2.05) is 30.3 Å². The van der Waals surface area contributed by atoms with E-state index < -0.39 is 6.04 Å². The van der Waals surface area contributed by atoms with Crippen molar-refractivity contribution in [1.82, 2.24) is 5.32 Å². The van der Waals surface area contributed by atoms with Crippen molar-refractivity contribution in [3.63, 3.8) is 0 Å². The van der Waals surface area contributed by atoms with Crippen LogP contribution in [0.3, 0.4) is 0 Å². The molecular weight excluding hydrogens is 264 g/mol. The number of amides is 1. The molecule has 3 atom stereocenters. The third-order valence-electron chi connectivity index (χ3n) is 5.14. The van der Waals surface area contributed by atoms with Crippen LogP contribution in [0, 0.1) is 5.41 Å². The monoisotopic (exact) mass is 290 g/mol. The number of nitrogens with two attached hydrogens (primary N) is 1.